The minimum Gasteiger partial charge on any atom is -0.266 e. The van der Waals surface area contributed by atoms with Crippen LogP contribution in [0.2, 0.25) is 0 Å². The first kappa shape index (κ1) is 25.2. The highest BCUT2D eigenvalue weighted by molar-refractivity contribution is 7.90. The van der Waals surface area contributed by atoms with Gasteiger partial charge >= 0.3 is 6.18 Å². The van der Waals surface area contributed by atoms with E-state index < -0.39 is 27.7 Å². The van der Waals surface area contributed by atoms with Crippen LogP contribution in [-0.2, 0) is 22.7 Å². The van der Waals surface area contributed by atoms with Gasteiger partial charge in [0, 0.05) is 5.56 Å². The Bertz CT molecular complexity index is 1510. The van der Waals surface area contributed by atoms with E-state index in [0.717, 1.165) is 28.8 Å². The number of benzene rings is 3. The van der Waals surface area contributed by atoms with Crippen molar-refractivity contribution in [3.63, 3.8) is 0 Å². The molecule has 4 aromatic rings. The summed E-state index contributed by atoms with van der Waals surface area (Å²) in [7, 11) is -4.18. The molecule has 4 rings (SSSR count). The van der Waals surface area contributed by atoms with Crippen molar-refractivity contribution >= 4 is 15.9 Å². The fraction of sp³-hybridized carbons (Fsp3) is 0.154. The van der Waals surface area contributed by atoms with Crippen LogP contribution in [0.25, 0.3) is 11.3 Å². The fourth-order valence-electron chi connectivity index (χ4n) is 3.80. The number of nitrogens with zero attached hydrogens (tertiary/aromatic N) is 2. The molecule has 0 atom stereocenters. The predicted octanol–water partition coefficient (Wildman–Crippen LogP) is 5.35. The van der Waals surface area contributed by atoms with E-state index >= 15 is 0 Å². The zero-order valence-corrected chi connectivity index (χ0v) is 20.2. The van der Waals surface area contributed by atoms with Crippen LogP contribution in [0, 0.1) is 13.8 Å². The molecule has 186 valence electrons. The highest BCUT2D eigenvalue weighted by Crippen LogP contribution is 2.32. The Kier molecular flexibility index (Phi) is 6.73. The Balaban J connectivity index is 1.78. The number of aromatic nitrogens is 2. The highest BCUT2D eigenvalue weighted by atomic mass is 32.2. The second-order valence-electron chi connectivity index (χ2n) is 8.27. The number of alkyl halides is 3. The molecule has 10 heteroatoms. The van der Waals surface area contributed by atoms with Crippen LogP contribution in [0.4, 0.5) is 13.2 Å². The number of halogens is 3. The molecule has 1 heterocycles. The molecule has 0 radical (unpaired) electrons. The van der Waals surface area contributed by atoms with Crippen molar-refractivity contribution in [2.45, 2.75) is 31.5 Å². The Morgan fingerprint density at radius 2 is 1.56 bits per heavy atom. The lowest BCUT2D eigenvalue weighted by atomic mass is 10.0. The quantitative estimate of drug-likeness (QED) is 0.377. The Morgan fingerprint density at radius 1 is 0.917 bits per heavy atom. The number of hydrogen-bond donors (Lipinski definition) is 1. The maximum atomic E-state index is 13.3. The predicted molar refractivity (Wildman–Crippen MR) is 129 cm³/mol. The maximum Gasteiger partial charge on any atom is 0.416 e. The summed E-state index contributed by atoms with van der Waals surface area (Å²) in [6.45, 7) is 3.89. The van der Waals surface area contributed by atoms with E-state index in [2.05, 4.69) is 5.10 Å². The molecule has 3 aromatic carbocycles. The number of carbonyl (C=O) groups is 1. The lowest BCUT2D eigenvalue weighted by molar-refractivity contribution is -0.137. The molecule has 0 aliphatic rings. The van der Waals surface area contributed by atoms with Crippen molar-refractivity contribution in [3.05, 3.63) is 107 Å². The molecule has 0 saturated carbocycles. The van der Waals surface area contributed by atoms with E-state index in [9.17, 15) is 26.4 Å². The summed E-state index contributed by atoms with van der Waals surface area (Å²) in [5.41, 5.74) is 1.99. The average molecular weight is 514 g/mol. The van der Waals surface area contributed by atoms with Gasteiger partial charge in [0.15, 0.2) is 0 Å². The van der Waals surface area contributed by atoms with Gasteiger partial charge in [0.25, 0.3) is 15.9 Å². The number of sulfonamides is 1. The molecule has 36 heavy (non-hydrogen) atoms. The monoisotopic (exact) mass is 513 g/mol. The highest BCUT2D eigenvalue weighted by Gasteiger charge is 2.31. The molecule has 0 unspecified atom stereocenters. The molecule has 0 aliphatic heterocycles. The minimum atomic E-state index is -4.55. The number of hydrogen-bond acceptors (Lipinski definition) is 4. The number of amides is 1. The second kappa shape index (κ2) is 9.62. The van der Waals surface area contributed by atoms with Crippen molar-refractivity contribution in [1.29, 1.82) is 0 Å². The van der Waals surface area contributed by atoms with Gasteiger partial charge < -0.3 is 0 Å². The van der Waals surface area contributed by atoms with Gasteiger partial charge in [-0.15, -0.1) is 0 Å². The topological polar surface area (TPSA) is 81.1 Å². The molecule has 6 nitrogen and oxygen atoms in total. The molecule has 0 bridgehead atoms. The lowest BCUT2D eigenvalue weighted by Gasteiger charge is -2.13. The Morgan fingerprint density at radius 3 is 2.19 bits per heavy atom. The van der Waals surface area contributed by atoms with E-state index in [-0.39, 0.29) is 28.4 Å². The van der Waals surface area contributed by atoms with Gasteiger partial charge in [-0.05, 0) is 60.9 Å². The van der Waals surface area contributed by atoms with Crippen molar-refractivity contribution < 1.29 is 26.4 Å². The summed E-state index contributed by atoms with van der Waals surface area (Å²) in [6, 6.07) is 18.9. The first-order valence-electron chi connectivity index (χ1n) is 10.9. The van der Waals surface area contributed by atoms with Crippen LogP contribution >= 0.6 is 0 Å². The van der Waals surface area contributed by atoms with Crippen molar-refractivity contribution in [2.75, 3.05) is 0 Å². The lowest BCUT2D eigenvalue weighted by Crippen LogP contribution is -2.32. The molecular weight excluding hydrogens is 491 g/mol. The molecule has 1 amide bonds. The van der Waals surface area contributed by atoms with E-state index in [1.807, 2.05) is 36.8 Å². The van der Waals surface area contributed by atoms with Gasteiger partial charge in [-0.1, -0.05) is 48.5 Å². The van der Waals surface area contributed by atoms with Crippen molar-refractivity contribution in [1.82, 2.24) is 14.5 Å². The van der Waals surface area contributed by atoms with Gasteiger partial charge in [0.2, 0.25) is 0 Å². The summed E-state index contributed by atoms with van der Waals surface area (Å²) in [4.78, 5) is 13.1. The van der Waals surface area contributed by atoms with Crippen LogP contribution in [0.3, 0.4) is 0 Å². The van der Waals surface area contributed by atoms with Crippen LogP contribution in [0.5, 0.6) is 0 Å². The molecular formula is C26H22F3N3O3S. The molecule has 0 spiro atoms. The minimum absolute atomic E-state index is 0.0998. The van der Waals surface area contributed by atoms with Crippen LogP contribution in [-0.4, -0.2) is 24.1 Å². The number of rotatable bonds is 6. The zero-order valence-electron chi connectivity index (χ0n) is 19.4. The normalized spacial score (nSPS) is 11.9. The number of nitrogens with one attached hydrogen (secondary N) is 1. The van der Waals surface area contributed by atoms with Crippen molar-refractivity contribution in [2.24, 2.45) is 0 Å². The third-order valence-electron chi connectivity index (χ3n) is 5.73. The first-order chi connectivity index (χ1) is 17.0. The van der Waals surface area contributed by atoms with E-state index in [1.54, 1.807) is 6.07 Å². The third-order valence-corrected chi connectivity index (χ3v) is 7.08. The van der Waals surface area contributed by atoms with Crippen LogP contribution in [0.15, 0.2) is 83.8 Å². The molecule has 1 N–H and O–H groups in total. The Labute approximate surface area is 206 Å². The van der Waals surface area contributed by atoms with Crippen LogP contribution < -0.4 is 4.72 Å². The summed E-state index contributed by atoms with van der Waals surface area (Å²) in [5, 5.41) is 4.40. The van der Waals surface area contributed by atoms with Gasteiger partial charge in [0.1, 0.15) is 5.69 Å². The summed E-state index contributed by atoms with van der Waals surface area (Å²) >= 11 is 0. The van der Waals surface area contributed by atoms with Crippen molar-refractivity contribution in [3.8, 4) is 11.3 Å². The summed E-state index contributed by atoms with van der Waals surface area (Å²) in [5.74, 6) is -0.948. The second-order valence-corrected chi connectivity index (χ2v) is 9.95. The third kappa shape index (κ3) is 5.33. The van der Waals surface area contributed by atoms with Gasteiger partial charge in [0.05, 0.1) is 22.7 Å². The zero-order chi connectivity index (χ0) is 26.1. The SMILES string of the molecule is Cc1cccc(C)c1Cn1nc(-c2cccc(C(F)(F)F)c2)cc1C(=O)NS(=O)(=O)c1ccccc1. The Hall–Kier alpha value is -3.92. The van der Waals surface area contributed by atoms with E-state index in [1.165, 1.54) is 47.1 Å². The average Bonchev–Trinajstić information content (AvgIpc) is 3.26. The van der Waals surface area contributed by atoms with Gasteiger partial charge in [-0.2, -0.15) is 18.3 Å². The molecule has 1 aromatic heterocycles. The number of aryl methyl sites for hydroxylation is 2. The maximum absolute atomic E-state index is 13.3. The van der Waals surface area contributed by atoms with Gasteiger partial charge in [-0.3, -0.25) is 9.48 Å². The van der Waals surface area contributed by atoms with E-state index in [4.69, 9.17) is 0 Å². The first-order valence-corrected chi connectivity index (χ1v) is 12.4. The van der Waals surface area contributed by atoms with Gasteiger partial charge in [-0.25, -0.2) is 13.1 Å². The molecule has 0 aliphatic carbocycles. The fourth-order valence-corrected chi connectivity index (χ4v) is 4.78. The van der Waals surface area contributed by atoms with Crippen LogP contribution in [0.1, 0.15) is 32.7 Å². The molecule has 0 saturated heterocycles. The molecule has 0 fully saturated rings. The number of carbonyl (C=O) groups excluding carboxylic acids is 1. The smallest absolute Gasteiger partial charge is 0.266 e. The summed E-state index contributed by atoms with van der Waals surface area (Å²) in [6.07, 6.45) is -4.55. The summed E-state index contributed by atoms with van der Waals surface area (Å²) < 4.78 is 68.6. The van der Waals surface area contributed by atoms with E-state index in [0.29, 0.717) is 0 Å². The standard InChI is InChI=1S/C26H22F3N3O3S/c1-17-8-6-9-18(2)22(17)16-32-24(25(33)31-36(34,35)21-12-4-3-5-13-21)15-23(30-32)19-10-7-11-20(14-19)26(27,28)29/h3-15H,16H2,1-2H3,(H,31,33). The largest absolute Gasteiger partial charge is 0.416 e.